The fourth-order valence-corrected chi connectivity index (χ4v) is 1.97. The van der Waals surface area contributed by atoms with Crippen LogP contribution in [0.1, 0.15) is 5.56 Å². The summed E-state index contributed by atoms with van der Waals surface area (Å²) in [4.78, 5) is 4.32. The summed E-state index contributed by atoms with van der Waals surface area (Å²) in [5.74, 6) is 1.37. The number of rotatable bonds is 2. The molecule has 0 atom stereocenters. The zero-order valence-corrected chi connectivity index (χ0v) is 9.97. The molecule has 3 rings (SSSR count). The van der Waals surface area contributed by atoms with Crippen LogP contribution in [0.2, 0.25) is 0 Å². The highest BCUT2D eigenvalue weighted by atomic mass is 16.5. The molecule has 2 nitrogen and oxygen atoms in total. The molecule has 0 saturated carbocycles. The number of hydrogen-bond acceptors (Lipinski definition) is 2. The molecular formula is C16H13NO. The van der Waals surface area contributed by atoms with E-state index in [9.17, 15) is 0 Å². The molecule has 2 heteroatoms. The molecule has 0 aliphatic carbocycles. The molecule has 0 saturated heterocycles. The van der Waals surface area contributed by atoms with Gasteiger partial charge in [0.25, 0.3) is 0 Å². The van der Waals surface area contributed by atoms with Crippen molar-refractivity contribution in [1.82, 2.24) is 0 Å². The van der Waals surface area contributed by atoms with Gasteiger partial charge in [-0.05, 0) is 23.3 Å². The van der Waals surface area contributed by atoms with Gasteiger partial charge in [0.05, 0.1) is 0 Å². The molecule has 0 unspecified atom stereocenters. The Hall–Kier alpha value is -2.35. The Balaban J connectivity index is 1.97. The van der Waals surface area contributed by atoms with Crippen LogP contribution in [0, 0.1) is 0 Å². The summed E-state index contributed by atoms with van der Waals surface area (Å²) in [6.45, 7) is 4.33. The van der Waals surface area contributed by atoms with Gasteiger partial charge in [0.1, 0.15) is 12.3 Å². The molecule has 0 radical (unpaired) electrons. The van der Waals surface area contributed by atoms with Crippen LogP contribution in [0.15, 0.2) is 71.9 Å². The van der Waals surface area contributed by atoms with Crippen molar-refractivity contribution >= 4 is 5.90 Å². The van der Waals surface area contributed by atoms with E-state index >= 15 is 0 Å². The Labute approximate surface area is 106 Å². The summed E-state index contributed by atoms with van der Waals surface area (Å²) in [5, 5.41) is 0. The van der Waals surface area contributed by atoms with Crippen molar-refractivity contribution in [3.8, 4) is 11.1 Å². The molecule has 0 spiro atoms. The standard InChI is InChI=1S/C16H13NO/c1-12-11-17-16(18-12)15-9-5-8-14(10-15)13-6-3-2-4-7-13/h2-10H,1,11H2. The molecule has 0 bridgehead atoms. The number of hydrogen-bond donors (Lipinski definition) is 0. The lowest BCUT2D eigenvalue weighted by Crippen LogP contribution is -1.99. The molecule has 88 valence electrons. The van der Waals surface area contributed by atoms with E-state index < -0.39 is 0 Å². The third-order valence-corrected chi connectivity index (χ3v) is 2.86. The van der Waals surface area contributed by atoms with Crippen LogP contribution in [0.5, 0.6) is 0 Å². The monoisotopic (exact) mass is 235 g/mol. The summed E-state index contributed by atoms with van der Waals surface area (Å²) in [7, 11) is 0. The molecule has 1 heterocycles. The number of benzene rings is 2. The minimum Gasteiger partial charge on any atom is -0.442 e. The van der Waals surface area contributed by atoms with Gasteiger partial charge in [-0.15, -0.1) is 0 Å². The summed E-state index contributed by atoms with van der Waals surface area (Å²) in [6.07, 6.45) is 0. The van der Waals surface area contributed by atoms with Crippen LogP contribution >= 0.6 is 0 Å². The maximum atomic E-state index is 5.49. The summed E-state index contributed by atoms with van der Waals surface area (Å²) in [5.41, 5.74) is 3.35. The summed E-state index contributed by atoms with van der Waals surface area (Å²) < 4.78 is 5.49. The summed E-state index contributed by atoms with van der Waals surface area (Å²) in [6, 6.07) is 18.5. The molecular weight excluding hydrogens is 222 g/mol. The van der Waals surface area contributed by atoms with Crippen LogP contribution in [0.4, 0.5) is 0 Å². The van der Waals surface area contributed by atoms with Crippen molar-refractivity contribution in [2.75, 3.05) is 6.54 Å². The van der Waals surface area contributed by atoms with Crippen molar-refractivity contribution in [3.05, 3.63) is 72.5 Å². The molecule has 0 N–H and O–H groups in total. The molecule has 0 aromatic heterocycles. The van der Waals surface area contributed by atoms with Gasteiger partial charge in [0.15, 0.2) is 0 Å². The number of ether oxygens (including phenoxy) is 1. The molecule has 2 aromatic carbocycles. The van der Waals surface area contributed by atoms with Crippen molar-refractivity contribution in [2.24, 2.45) is 4.99 Å². The average molecular weight is 235 g/mol. The Bertz CT molecular complexity index is 614. The lowest BCUT2D eigenvalue weighted by molar-refractivity contribution is 0.442. The van der Waals surface area contributed by atoms with E-state index in [0.29, 0.717) is 18.2 Å². The lowest BCUT2D eigenvalue weighted by Gasteiger charge is -2.05. The Kier molecular flexibility index (Phi) is 2.69. The third kappa shape index (κ3) is 2.05. The van der Waals surface area contributed by atoms with Gasteiger partial charge in [-0.2, -0.15) is 0 Å². The number of nitrogens with zero attached hydrogens (tertiary/aromatic N) is 1. The maximum Gasteiger partial charge on any atom is 0.222 e. The fraction of sp³-hybridized carbons (Fsp3) is 0.0625. The van der Waals surface area contributed by atoms with Gasteiger partial charge >= 0.3 is 0 Å². The van der Waals surface area contributed by atoms with Crippen LogP contribution in [-0.4, -0.2) is 12.4 Å². The molecule has 0 fully saturated rings. The van der Waals surface area contributed by atoms with E-state index in [0.717, 1.165) is 11.1 Å². The molecule has 18 heavy (non-hydrogen) atoms. The second-order valence-electron chi connectivity index (χ2n) is 4.21. The quantitative estimate of drug-likeness (QED) is 0.778. The first-order chi connectivity index (χ1) is 8.83. The van der Waals surface area contributed by atoms with Gasteiger partial charge in [-0.25, -0.2) is 4.99 Å². The lowest BCUT2D eigenvalue weighted by atomic mass is 10.0. The van der Waals surface area contributed by atoms with Gasteiger partial charge in [-0.3, -0.25) is 0 Å². The van der Waals surface area contributed by atoms with Crippen molar-refractivity contribution in [3.63, 3.8) is 0 Å². The van der Waals surface area contributed by atoms with Gasteiger partial charge in [-0.1, -0.05) is 49.0 Å². The first-order valence-electron chi connectivity index (χ1n) is 5.89. The highest BCUT2D eigenvalue weighted by molar-refractivity contribution is 5.97. The smallest absolute Gasteiger partial charge is 0.222 e. The molecule has 2 aromatic rings. The second kappa shape index (κ2) is 4.49. The minimum atomic E-state index is 0.560. The Morgan fingerprint density at radius 2 is 1.61 bits per heavy atom. The predicted octanol–water partition coefficient (Wildman–Crippen LogP) is 3.64. The normalized spacial score (nSPS) is 14.2. The first-order valence-corrected chi connectivity index (χ1v) is 5.89. The van der Waals surface area contributed by atoms with Crippen LogP contribution in [-0.2, 0) is 4.74 Å². The predicted molar refractivity (Wildman–Crippen MR) is 73.5 cm³/mol. The SMILES string of the molecule is C=C1CN=C(c2cccc(-c3ccccc3)c2)O1. The van der Waals surface area contributed by atoms with E-state index in [4.69, 9.17) is 4.74 Å². The number of aliphatic imine (C=N–C) groups is 1. The van der Waals surface area contributed by atoms with E-state index in [1.807, 2.05) is 30.3 Å². The average Bonchev–Trinajstić information content (AvgIpc) is 2.87. The van der Waals surface area contributed by atoms with Crippen molar-refractivity contribution in [1.29, 1.82) is 0 Å². The Morgan fingerprint density at radius 3 is 2.33 bits per heavy atom. The first kappa shape index (κ1) is 10.8. The van der Waals surface area contributed by atoms with E-state index in [1.54, 1.807) is 0 Å². The van der Waals surface area contributed by atoms with Gasteiger partial charge in [0, 0.05) is 5.56 Å². The van der Waals surface area contributed by atoms with Crippen molar-refractivity contribution in [2.45, 2.75) is 0 Å². The molecule has 0 amide bonds. The molecule has 1 aliphatic rings. The van der Waals surface area contributed by atoms with E-state index in [-0.39, 0.29) is 0 Å². The fourth-order valence-electron chi connectivity index (χ4n) is 1.97. The van der Waals surface area contributed by atoms with Crippen molar-refractivity contribution < 1.29 is 4.74 Å². The third-order valence-electron chi connectivity index (χ3n) is 2.86. The minimum absolute atomic E-state index is 0.560. The largest absolute Gasteiger partial charge is 0.442 e. The van der Waals surface area contributed by atoms with E-state index in [2.05, 4.69) is 35.8 Å². The Morgan fingerprint density at radius 1 is 0.889 bits per heavy atom. The van der Waals surface area contributed by atoms with Crippen LogP contribution in [0.25, 0.3) is 11.1 Å². The highest BCUT2D eigenvalue weighted by Gasteiger charge is 2.13. The van der Waals surface area contributed by atoms with E-state index in [1.165, 1.54) is 5.56 Å². The van der Waals surface area contributed by atoms with Crippen LogP contribution in [0.3, 0.4) is 0 Å². The van der Waals surface area contributed by atoms with Gasteiger partial charge < -0.3 is 4.74 Å². The summed E-state index contributed by atoms with van der Waals surface area (Å²) >= 11 is 0. The van der Waals surface area contributed by atoms with Gasteiger partial charge in [0.2, 0.25) is 5.90 Å². The highest BCUT2D eigenvalue weighted by Crippen LogP contribution is 2.22. The second-order valence-corrected chi connectivity index (χ2v) is 4.21. The molecule has 1 aliphatic heterocycles. The maximum absolute atomic E-state index is 5.49. The van der Waals surface area contributed by atoms with Crippen LogP contribution < -0.4 is 0 Å². The zero-order chi connectivity index (χ0) is 12.4. The zero-order valence-electron chi connectivity index (χ0n) is 9.97. The topological polar surface area (TPSA) is 21.6 Å².